The summed E-state index contributed by atoms with van der Waals surface area (Å²) in [5.74, 6) is 0.780. The van der Waals surface area contributed by atoms with Gasteiger partial charge in [-0.25, -0.2) is 0 Å². The SMILES string of the molecule is CN1CCC(C(=O)N2CCC3(CC2)C[C@@H](O)[C@@H](O)Cc2ccccc2OCC(=O)N(C)C3)CC1. The molecule has 3 heterocycles. The van der Waals surface area contributed by atoms with Crippen molar-refractivity contribution in [3.8, 4) is 5.75 Å². The fourth-order valence-electron chi connectivity index (χ4n) is 5.74. The van der Waals surface area contributed by atoms with E-state index in [2.05, 4.69) is 11.9 Å². The second-order valence-corrected chi connectivity index (χ2v) is 10.6. The van der Waals surface area contributed by atoms with Crippen molar-refractivity contribution < 1.29 is 24.5 Å². The largest absolute Gasteiger partial charge is 0.483 e. The minimum Gasteiger partial charge on any atom is -0.483 e. The highest BCUT2D eigenvalue weighted by molar-refractivity contribution is 5.79. The Morgan fingerprint density at radius 1 is 1.03 bits per heavy atom. The fourth-order valence-corrected chi connectivity index (χ4v) is 5.74. The van der Waals surface area contributed by atoms with Crippen LogP contribution in [0.3, 0.4) is 0 Å². The number of aliphatic hydroxyl groups excluding tert-OH is 2. The quantitative estimate of drug-likeness (QED) is 0.636. The van der Waals surface area contributed by atoms with Gasteiger partial charge in [0, 0.05) is 39.0 Å². The molecule has 4 rings (SSSR count). The number of carbonyl (C=O) groups is 2. The third-order valence-corrected chi connectivity index (χ3v) is 8.04. The molecule has 3 aliphatic heterocycles. The number of nitrogens with zero attached hydrogens (tertiary/aromatic N) is 3. The highest BCUT2D eigenvalue weighted by Crippen LogP contribution is 2.39. The Balaban J connectivity index is 1.47. The molecule has 2 amide bonds. The van der Waals surface area contributed by atoms with Crippen LogP contribution in [-0.4, -0.2) is 102 Å². The van der Waals surface area contributed by atoms with E-state index < -0.39 is 12.2 Å². The third-order valence-electron chi connectivity index (χ3n) is 8.04. The number of amides is 2. The highest BCUT2D eigenvalue weighted by Gasteiger charge is 2.41. The Kier molecular flexibility index (Phi) is 7.80. The van der Waals surface area contributed by atoms with Crippen LogP contribution in [0.4, 0.5) is 0 Å². The number of piperidine rings is 2. The first-order valence-corrected chi connectivity index (χ1v) is 12.5. The molecular formula is C26H39N3O5. The first-order valence-electron chi connectivity index (χ1n) is 12.5. The van der Waals surface area contributed by atoms with Gasteiger partial charge in [-0.3, -0.25) is 9.59 Å². The lowest BCUT2D eigenvalue weighted by Crippen LogP contribution is -2.52. The van der Waals surface area contributed by atoms with E-state index in [0.29, 0.717) is 44.6 Å². The van der Waals surface area contributed by atoms with Crippen molar-refractivity contribution in [2.24, 2.45) is 11.3 Å². The molecule has 34 heavy (non-hydrogen) atoms. The summed E-state index contributed by atoms with van der Waals surface area (Å²) < 4.78 is 5.79. The van der Waals surface area contributed by atoms with Crippen molar-refractivity contribution in [2.45, 2.75) is 50.7 Å². The van der Waals surface area contributed by atoms with Crippen LogP contribution in [0.2, 0.25) is 0 Å². The molecule has 2 N–H and O–H groups in total. The first kappa shape index (κ1) is 24.9. The molecule has 0 radical (unpaired) electrons. The first-order chi connectivity index (χ1) is 16.3. The molecule has 2 atom stereocenters. The van der Waals surface area contributed by atoms with Gasteiger partial charge in [-0.05, 0) is 69.3 Å². The number of likely N-dealkylation sites (tertiary alicyclic amines) is 2. The zero-order valence-corrected chi connectivity index (χ0v) is 20.5. The lowest BCUT2D eigenvalue weighted by Gasteiger charge is -2.46. The number of fused-ring (bicyclic) bond motifs is 1. The number of para-hydroxylation sites is 1. The highest BCUT2D eigenvalue weighted by atomic mass is 16.5. The van der Waals surface area contributed by atoms with Gasteiger partial charge in [0.1, 0.15) is 5.75 Å². The second kappa shape index (κ2) is 10.6. The number of rotatable bonds is 1. The van der Waals surface area contributed by atoms with Crippen LogP contribution in [0.5, 0.6) is 5.75 Å². The Morgan fingerprint density at radius 3 is 2.41 bits per heavy atom. The summed E-state index contributed by atoms with van der Waals surface area (Å²) in [6, 6.07) is 7.33. The maximum absolute atomic E-state index is 13.1. The summed E-state index contributed by atoms with van der Waals surface area (Å²) in [5.41, 5.74) is 0.422. The number of benzene rings is 1. The summed E-state index contributed by atoms with van der Waals surface area (Å²) in [7, 11) is 3.86. The molecule has 0 saturated carbocycles. The van der Waals surface area contributed by atoms with Crippen LogP contribution in [0.1, 0.15) is 37.7 Å². The number of aliphatic hydroxyl groups is 2. The summed E-state index contributed by atoms with van der Waals surface area (Å²) in [6.07, 6.45) is 2.01. The van der Waals surface area contributed by atoms with Crippen molar-refractivity contribution in [1.82, 2.24) is 14.7 Å². The van der Waals surface area contributed by atoms with Crippen molar-refractivity contribution in [3.63, 3.8) is 0 Å². The van der Waals surface area contributed by atoms with Gasteiger partial charge >= 0.3 is 0 Å². The monoisotopic (exact) mass is 473 g/mol. The van der Waals surface area contributed by atoms with E-state index in [1.807, 2.05) is 23.1 Å². The van der Waals surface area contributed by atoms with Crippen LogP contribution < -0.4 is 4.74 Å². The van der Waals surface area contributed by atoms with E-state index in [9.17, 15) is 19.8 Å². The van der Waals surface area contributed by atoms with E-state index in [0.717, 1.165) is 31.5 Å². The number of ether oxygens (including phenoxy) is 1. The van der Waals surface area contributed by atoms with Crippen molar-refractivity contribution >= 4 is 11.8 Å². The molecule has 0 aromatic heterocycles. The molecule has 188 valence electrons. The van der Waals surface area contributed by atoms with E-state index in [4.69, 9.17) is 4.74 Å². The van der Waals surface area contributed by atoms with Gasteiger partial charge < -0.3 is 29.6 Å². The van der Waals surface area contributed by atoms with E-state index in [-0.39, 0.29) is 36.2 Å². The topological polar surface area (TPSA) is 93.5 Å². The van der Waals surface area contributed by atoms with Gasteiger partial charge in [0.15, 0.2) is 6.61 Å². The smallest absolute Gasteiger partial charge is 0.260 e. The van der Waals surface area contributed by atoms with Crippen LogP contribution in [0, 0.1) is 11.3 Å². The Bertz CT molecular complexity index is 862. The summed E-state index contributed by atoms with van der Waals surface area (Å²) in [5, 5.41) is 21.8. The third kappa shape index (κ3) is 5.73. The number of hydrogen-bond acceptors (Lipinski definition) is 6. The molecule has 2 fully saturated rings. The van der Waals surface area contributed by atoms with Crippen LogP contribution >= 0.6 is 0 Å². The Morgan fingerprint density at radius 2 is 1.71 bits per heavy atom. The molecule has 0 aliphatic carbocycles. The van der Waals surface area contributed by atoms with Gasteiger partial charge in [-0.1, -0.05) is 18.2 Å². The minimum atomic E-state index is -0.930. The maximum atomic E-state index is 13.1. The average molecular weight is 474 g/mol. The van der Waals surface area contributed by atoms with Gasteiger partial charge in [0.2, 0.25) is 5.91 Å². The predicted octanol–water partition coefficient (Wildman–Crippen LogP) is 1.14. The zero-order chi connectivity index (χ0) is 24.3. The molecule has 1 aromatic carbocycles. The standard InChI is InChI=1S/C26H39N3O5/c1-27-11-7-19(8-12-27)25(33)29-13-9-26(10-14-29)16-22(31)21(30)15-20-5-3-4-6-23(20)34-17-24(32)28(2)18-26/h3-6,19,21-22,30-31H,7-18H2,1-2H3/t21-,22+/m0/s1. The molecule has 3 aliphatic rings. The number of likely N-dealkylation sites (N-methyl/N-ethyl adjacent to an activating group) is 1. The van der Waals surface area contributed by atoms with Crippen molar-refractivity contribution in [1.29, 1.82) is 0 Å². The van der Waals surface area contributed by atoms with Gasteiger partial charge in [-0.15, -0.1) is 0 Å². The van der Waals surface area contributed by atoms with Crippen molar-refractivity contribution in [2.75, 3.05) is 53.4 Å². The predicted molar refractivity (Wildman–Crippen MR) is 128 cm³/mol. The minimum absolute atomic E-state index is 0.0665. The fraction of sp³-hybridized carbons (Fsp3) is 0.692. The molecule has 1 aromatic rings. The molecule has 8 heteroatoms. The summed E-state index contributed by atoms with van der Waals surface area (Å²) in [6.45, 7) is 3.55. The van der Waals surface area contributed by atoms with E-state index in [1.165, 1.54) is 0 Å². The van der Waals surface area contributed by atoms with Gasteiger partial charge in [0.05, 0.1) is 12.2 Å². The number of hydrogen-bond donors (Lipinski definition) is 2. The molecule has 0 bridgehead atoms. The Labute approximate surface area is 202 Å². The van der Waals surface area contributed by atoms with Crippen molar-refractivity contribution in [3.05, 3.63) is 29.8 Å². The normalized spacial score (nSPS) is 27.5. The van der Waals surface area contributed by atoms with Crippen LogP contribution in [0.25, 0.3) is 0 Å². The second-order valence-electron chi connectivity index (χ2n) is 10.6. The van der Waals surface area contributed by atoms with Crippen LogP contribution in [-0.2, 0) is 16.0 Å². The Hall–Kier alpha value is -2.16. The number of carbonyl (C=O) groups excluding carboxylic acids is 2. The molecule has 2 saturated heterocycles. The molecule has 0 unspecified atom stereocenters. The molecule has 1 spiro atoms. The molecular weight excluding hydrogens is 434 g/mol. The zero-order valence-electron chi connectivity index (χ0n) is 20.5. The summed E-state index contributed by atoms with van der Waals surface area (Å²) in [4.78, 5) is 31.9. The van der Waals surface area contributed by atoms with Gasteiger partial charge in [0.25, 0.3) is 5.91 Å². The van der Waals surface area contributed by atoms with E-state index >= 15 is 0 Å². The van der Waals surface area contributed by atoms with Crippen LogP contribution in [0.15, 0.2) is 24.3 Å². The van der Waals surface area contributed by atoms with E-state index in [1.54, 1.807) is 18.0 Å². The lowest BCUT2D eigenvalue weighted by atomic mass is 9.72. The molecule has 8 nitrogen and oxygen atoms in total. The summed E-state index contributed by atoms with van der Waals surface area (Å²) >= 11 is 0. The van der Waals surface area contributed by atoms with Gasteiger partial charge in [-0.2, -0.15) is 0 Å². The average Bonchev–Trinajstić information content (AvgIpc) is 2.83. The lowest BCUT2D eigenvalue weighted by molar-refractivity contribution is -0.142. The maximum Gasteiger partial charge on any atom is 0.260 e.